The van der Waals surface area contributed by atoms with Gasteiger partial charge in [0.25, 0.3) is 0 Å². The lowest BCUT2D eigenvalue weighted by Crippen LogP contribution is -2.04. The van der Waals surface area contributed by atoms with Crippen molar-refractivity contribution in [2.45, 2.75) is 6.54 Å². The van der Waals surface area contributed by atoms with E-state index < -0.39 is 0 Å². The molecule has 0 aliphatic rings. The van der Waals surface area contributed by atoms with Gasteiger partial charge in [-0.2, -0.15) is 0 Å². The Balaban J connectivity index is 1.61. The average Bonchev–Trinajstić information content (AvgIpc) is 2.99. The maximum atomic E-state index is 8.68. The number of thiophene rings is 1. The average molecular weight is 301 g/mol. The van der Waals surface area contributed by atoms with E-state index in [-0.39, 0.29) is 13.2 Å². The van der Waals surface area contributed by atoms with Gasteiger partial charge in [-0.15, -0.1) is 11.3 Å². The maximum Gasteiger partial charge on any atom is 0.213 e. The maximum absolute atomic E-state index is 8.68. The smallest absolute Gasteiger partial charge is 0.213 e. The molecule has 3 aromatic heterocycles. The number of ether oxygens (including phenoxy) is 1. The van der Waals surface area contributed by atoms with Crippen LogP contribution in [0.2, 0.25) is 0 Å². The van der Waals surface area contributed by atoms with Crippen molar-refractivity contribution in [2.24, 2.45) is 0 Å². The number of hydrogen-bond acceptors (Lipinski definition) is 6. The van der Waals surface area contributed by atoms with Gasteiger partial charge in [0.2, 0.25) is 5.88 Å². The van der Waals surface area contributed by atoms with E-state index in [0.717, 1.165) is 16.8 Å². The number of pyridine rings is 2. The third kappa shape index (κ3) is 3.48. The molecule has 0 fully saturated rings. The zero-order valence-corrected chi connectivity index (χ0v) is 12.1. The van der Waals surface area contributed by atoms with E-state index in [1.807, 2.05) is 23.7 Å². The molecule has 3 aromatic rings. The number of fused-ring (bicyclic) bond motifs is 1. The second-order valence-electron chi connectivity index (χ2n) is 4.46. The minimum atomic E-state index is -0.0140. The van der Waals surface area contributed by atoms with Gasteiger partial charge in [0.1, 0.15) is 6.61 Å². The van der Waals surface area contributed by atoms with Gasteiger partial charge < -0.3 is 15.2 Å². The fourth-order valence-corrected chi connectivity index (χ4v) is 2.71. The van der Waals surface area contributed by atoms with E-state index in [0.29, 0.717) is 12.4 Å². The van der Waals surface area contributed by atoms with Crippen molar-refractivity contribution in [1.82, 2.24) is 9.97 Å². The summed E-state index contributed by atoms with van der Waals surface area (Å²) in [5.41, 5.74) is 3.08. The first-order valence-electron chi connectivity index (χ1n) is 6.61. The minimum Gasteiger partial charge on any atom is -0.475 e. The van der Waals surface area contributed by atoms with E-state index in [1.54, 1.807) is 23.6 Å². The molecule has 0 aliphatic carbocycles. The highest BCUT2D eigenvalue weighted by Crippen LogP contribution is 2.20. The number of rotatable bonds is 6. The van der Waals surface area contributed by atoms with Gasteiger partial charge >= 0.3 is 0 Å². The molecule has 0 aromatic carbocycles. The summed E-state index contributed by atoms with van der Waals surface area (Å²) in [5, 5.41) is 14.0. The van der Waals surface area contributed by atoms with Crippen molar-refractivity contribution in [3.8, 4) is 5.88 Å². The lowest BCUT2D eigenvalue weighted by Gasteiger charge is -2.07. The first kappa shape index (κ1) is 13.8. The van der Waals surface area contributed by atoms with Crippen LogP contribution in [-0.2, 0) is 6.54 Å². The molecule has 0 saturated heterocycles. The van der Waals surface area contributed by atoms with Crippen LogP contribution in [0.25, 0.3) is 10.2 Å². The highest BCUT2D eigenvalue weighted by Gasteiger charge is 2.00. The fourth-order valence-electron chi connectivity index (χ4n) is 1.91. The molecule has 0 unspecified atom stereocenters. The van der Waals surface area contributed by atoms with Gasteiger partial charge in [-0.05, 0) is 29.1 Å². The van der Waals surface area contributed by atoms with E-state index >= 15 is 0 Å². The number of nitrogens with zero attached hydrogens (tertiary/aromatic N) is 2. The molecule has 0 amide bonds. The molecule has 3 rings (SSSR count). The van der Waals surface area contributed by atoms with Crippen LogP contribution in [0.5, 0.6) is 5.88 Å². The van der Waals surface area contributed by atoms with Crippen LogP contribution in [0.15, 0.2) is 42.0 Å². The predicted octanol–water partition coefficient (Wildman–Crippen LogP) is 2.67. The lowest BCUT2D eigenvalue weighted by atomic mass is 10.2. The highest BCUT2D eigenvalue weighted by atomic mass is 32.1. The van der Waals surface area contributed by atoms with Crippen LogP contribution in [0.3, 0.4) is 0 Å². The molecule has 21 heavy (non-hydrogen) atoms. The van der Waals surface area contributed by atoms with Gasteiger partial charge in [0.05, 0.1) is 28.7 Å². The van der Waals surface area contributed by atoms with Crippen molar-refractivity contribution in [1.29, 1.82) is 0 Å². The number of aliphatic hydroxyl groups excluding tert-OH is 1. The zero-order chi connectivity index (χ0) is 14.5. The van der Waals surface area contributed by atoms with Crippen LogP contribution in [-0.4, -0.2) is 28.3 Å². The van der Waals surface area contributed by atoms with Gasteiger partial charge in [-0.3, -0.25) is 4.98 Å². The molecule has 3 heterocycles. The number of aliphatic hydroxyl groups is 1. The van der Waals surface area contributed by atoms with Crippen molar-refractivity contribution in [3.63, 3.8) is 0 Å². The molecule has 2 N–H and O–H groups in total. The van der Waals surface area contributed by atoms with Crippen LogP contribution < -0.4 is 10.1 Å². The van der Waals surface area contributed by atoms with Gasteiger partial charge in [-0.1, -0.05) is 0 Å². The monoisotopic (exact) mass is 301 g/mol. The SMILES string of the molecule is OCCOc1ccc(NCc2cnc3ccsc3c2)cn1. The summed E-state index contributed by atoms with van der Waals surface area (Å²) < 4.78 is 6.41. The summed E-state index contributed by atoms with van der Waals surface area (Å²) in [5.74, 6) is 0.510. The van der Waals surface area contributed by atoms with E-state index in [9.17, 15) is 0 Å². The molecule has 0 spiro atoms. The molecule has 108 valence electrons. The quantitative estimate of drug-likeness (QED) is 0.732. The van der Waals surface area contributed by atoms with Crippen LogP contribution in [0.1, 0.15) is 5.56 Å². The van der Waals surface area contributed by atoms with E-state index in [1.165, 1.54) is 4.70 Å². The van der Waals surface area contributed by atoms with Crippen LogP contribution >= 0.6 is 11.3 Å². The molecule has 5 nitrogen and oxygen atoms in total. The fraction of sp³-hybridized carbons (Fsp3) is 0.200. The molecule has 0 radical (unpaired) electrons. The normalized spacial score (nSPS) is 10.7. The summed E-state index contributed by atoms with van der Waals surface area (Å²) in [4.78, 5) is 8.57. The van der Waals surface area contributed by atoms with Gasteiger partial charge in [0.15, 0.2) is 0 Å². The Hall–Kier alpha value is -2.18. The summed E-state index contributed by atoms with van der Waals surface area (Å²) in [6, 6.07) is 7.84. The first-order chi connectivity index (χ1) is 10.3. The Bertz CT molecular complexity index is 712. The molecule has 6 heteroatoms. The number of aromatic nitrogens is 2. The molecule has 0 aliphatic heterocycles. The van der Waals surface area contributed by atoms with Gasteiger partial charge in [-0.25, -0.2) is 4.98 Å². The first-order valence-corrected chi connectivity index (χ1v) is 7.49. The second-order valence-corrected chi connectivity index (χ2v) is 5.41. The van der Waals surface area contributed by atoms with Crippen LogP contribution in [0, 0.1) is 0 Å². The standard InChI is InChI=1S/C15H15N3O2S/c19-4-5-20-15-2-1-12(10-18-15)16-8-11-7-14-13(17-9-11)3-6-21-14/h1-3,6-7,9-10,16,19H,4-5,8H2. The second kappa shape index (κ2) is 6.51. The van der Waals surface area contributed by atoms with Crippen molar-refractivity contribution in [2.75, 3.05) is 18.5 Å². The summed E-state index contributed by atoms with van der Waals surface area (Å²) in [6.45, 7) is 0.936. The topological polar surface area (TPSA) is 67.3 Å². The molecule has 0 bridgehead atoms. The lowest BCUT2D eigenvalue weighted by molar-refractivity contribution is 0.196. The van der Waals surface area contributed by atoms with Crippen LogP contribution in [0.4, 0.5) is 5.69 Å². The molecular weight excluding hydrogens is 286 g/mol. The molecule has 0 atom stereocenters. The Morgan fingerprint density at radius 3 is 2.95 bits per heavy atom. The predicted molar refractivity (Wildman–Crippen MR) is 83.8 cm³/mol. The molecular formula is C15H15N3O2S. The van der Waals surface area contributed by atoms with E-state index in [4.69, 9.17) is 9.84 Å². The Morgan fingerprint density at radius 2 is 2.14 bits per heavy atom. The minimum absolute atomic E-state index is 0.0140. The molecule has 0 saturated carbocycles. The highest BCUT2D eigenvalue weighted by molar-refractivity contribution is 7.17. The largest absolute Gasteiger partial charge is 0.475 e. The zero-order valence-electron chi connectivity index (χ0n) is 11.3. The Morgan fingerprint density at radius 1 is 1.19 bits per heavy atom. The third-order valence-electron chi connectivity index (χ3n) is 2.93. The third-order valence-corrected chi connectivity index (χ3v) is 3.79. The number of nitrogens with one attached hydrogen (secondary N) is 1. The Labute approximate surface area is 126 Å². The summed E-state index contributed by atoms with van der Waals surface area (Å²) in [7, 11) is 0. The van der Waals surface area contributed by atoms with Crippen molar-refractivity contribution in [3.05, 3.63) is 47.6 Å². The van der Waals surface area contributed by atoms with E-state index in [2.05, 4.69) is 21.4 Å². The van der Waals surface area contributed by atoms with Crippen molar-refractivity contribution >= 4 is 27.2 Å². The Kier molecular flexibility index (Phi) is 4.28. The summed E-state index contributed by atoms with van der Waals surface area (Å²) in [6.07, 6.45) is 3.60. The van der Waals surface area contributed by atoms with Crippen molar-refractivity contribution < 1.29 is 9.84 Å². The number of anilines is 1. The number of hydrogen-bond donors (Lipinski definition) is 2. The van der Waals surface area contributed by atoms with Gasteiger partial charge in [0, 0.05) is 18.8 Å². The summed E-state index contributed by atoms with van der Waals surface area (Å²) >= 11 is 1.69.